The van der Waals surface area contributed by atoms with E-state index in [-0.39, 0.29) is 25.6 Å². The highest BCUT2D eigenvalue weighted by Gasteiger charge is 2.61. The molecule has 0 spiro atoms. The van der Waals surface area contributed by atoms with Gasteiger partial charge in [-0.05, 0) is 39.7 Å². The van der Waals surface area contributed by atoms with Crippen molar-refractivity contribution in [3.8, 4) is 0 Å². The lowest BCUT2D eigenvalue weighted by molar-refractivity contribution is -0.216. The molecule has 122 valence electrons. The summed E-state index contributed by atoms with van der Waals surface area (Å²) in [5.74, 6) is -0.858. The number of hydrogen-bond acceptors (Lipinski definition) is 3. The van der Waals surface area contributed by atoms with Gasteiger partial charge >= 0.3 is 6.18 Å². The number of rotatable bonds is 3. The molecule has 0 radical (unpaired) electrons. The van der Waals surface area contributed by atoms with Gasteiger partial charge in [-0.15, -0.1) is 0 Å². The number of alkyl halides is 3. The van der Waals surface area contributed by atoms with Gasteiger partial charge in [0.05, 0.1) is 0 Å². The third kappa shape index (κ3) is 3.34. The van der Waals surface area contributed by atoms with Gasteiger partial charge in [0.2, 0.25) is 5.91 Å². The van der Waals surface area contributed by atoms with Crippen LogP contribution in [0.4, 0.5) is 13.2 Å². The van der Waals surface area contributed by atoms with Crippen molar-refractivity contribution >= 4 is 5.91 Å². The van der Waals surface area contributed by atoms with Gasteiger partial charge in [-0.3, -0.25) is 4.79 Å². The Balaban J connectivity index is 1.95. The Hall–Kier alpha value is -0.820. The van der Waals surface area contributed by atoms with Gasteiger partial charge in [0.1, 0.15) is 0 Å². The van der Waals surface area contributed by atoms with Crippen molar-refractivity contribution in [2.45, 2.75) is 51.4 Å². The maximum atomic E-state index is 13.3. The summed E-state index contributed by atoms with van der Waals surface area (Å²) in [5, 5.41) is 5.31. The monoisotopic (exact) mass is 307 g/mol. The van der Waals surface area contributed by atoms with Crippen LogP contribution in [0.15, 0.2) is 0 Å². The smallest absolute Gasteiger partial charge is 0.352 e. The normalized spacial score (nSPS) is 29.0. The molecule has 2 aliphatic rings. The number of nitrogens with zero attached hydrogens (tertiary/aromatic N) is 1. The molecule has 2 rings (SSSR count). The summed E-state index contributed by atoms with van der Waals surface area (Å²) in [6.07, 6.45) is -3.25. The number of likely N-dealkylation sites (tertiary alicyclic amines) is 1. The highest BCUT2D eigenvalue weighted by Crippen LogP contribution is 2.43. The van der Waals surface area contributed by atoms with Crippen LogP contribution < -0.4 is 10.6 Å². The Morgan fingerprint density at radius 3 is 2.38 bits per heavy atom. The predicted molar refractivity (Wildman–Crippen MR) is 73.8 cm³/mol. The summed E-state index contributed by atoms with van der Waals surface area (Å²) in [7, 11) is 0. The van der Waals surface area contributed by atoms with E-state index in [9.17, 15) is 18.0 Å². The van der Waals surface area contributed by atoms with Crippen LogP contribution in [0.25, 0.3) is 0 Å². The molecule has 2 N–H and O–H groups in total. The summed E-state index contributed by atoms with van der Waals surface area (Å²) in [5.41, 5.74) is -2.25. The molecule has 1 atom stereocenters. The zero-order valence-corrected chi connectivity index (χ0v) is 12.6. The molecule has 0 aromatic carbocycles. The molecule has 0 aliphatic carbocycles. The molecule has 2 saturated heterocycles. The second-order valence-electron chi connectivity index (χ2n) is 6.38. The Bertz CT molecular complexity index is 370. The zero-order valence-electron chi connectivity index (χ0n) is 12.6. The van der Waals surface area contributed by atoms with E-state index in [4.69, 9.17) is 0 Å². The van der Waals surface area contributed by atoms with Crippen molar-refractivity contribution in [3.05, 3.63) is 0 Å². The molecule has 0 aromatic heterocycles. The average Bonchev–Trinajstić information content (AvgIpc) is 2.89. The van der Waals surface area contributed by atoms with Crippen molar-refractivity contribution in [2.24, 2.45) is 5.41 Å². The van der Waals surface area contributed by atoms with Crippen LogP contribution >= 0.6 is 0 Å². The van der Waals surface area contributed by atoms with Crippen LogP contribution in [0.3, 0.4) is 0 Å². The van der Waals surface area contributed by atoms with Gasteiger partial charge < -0.3 is 15.5 Å². The standard InChI is InChI=1S/C14H24F3N3O/c1-10(2)20-7-3-11(4-8-20)19-12(21)13(14(15,16)17)5-6-18-9-13/h10-11,18H,3-9H2,1-2H3,(H,19,21). The first-order valence-corrected chi connectivity index (χ1v) is 7.59. The Morgan fingerprint density at radius 2 is 1.95 bits per heavy atom. The van der Waals surface area contributed by atoms with E-state index in [1.54, 1.807) is 0 Å². The van der Waals surface area contributed by atoms with Crippen molar-refractivity contribution in [3.63, 3.8) is 0 Å². The minimum atomic E-state index is -4.50. The molecule has 1 unspecified atom stereocenters. The van der Waals surface area contributed by atoms with Crippen molar-refractivity contribution in [2.75, 3.05) is 26.2 Å². The van der Waals surface area contributed by atoms with Gasteiger partial charge in [0.15, 0.2) is 5.41 Å². The van der Waals surface area contributed by atoms with E-state index in [1.165, 1.54) is 0 Å². The van der Waals surface area contributed by atoms with Crippen LogP contribution in [-0.4, -0.2) is 55.2 Å². The van der Waals surface area contributed by atoms with Crippen LogP contribution in [0, 0.1) is 5.41 Å². The van der Waals surface area contributed by atoms with E-state index in [2.05, 4.69) is 29.4 Å². The van der Waals surface area contributed by atoms with Crippen molar-refractivity contribution < 1.29 is 18.0 Å². The van der Waals surface area contributed by atoms with E-state index >= 15 is 0 Å². The minimum Gasteiger partial charge on any atom is -0.352 e. The van der Waals surface area contributed by atoms with Gasteiger partial charge in [-0.25, -0.2) is 0 Å². The quantitative estimate of drug-likeness (QED) is 0.831. The highest BCUT2D eigenvalue weighted by molar-refractivity contribution is 5.84. The Morgan fingerprint density at radius 1 is 1.33 bits per heavy atom. The lowest BCUT2D eigenvalue weighted by Crippen LogP contribution is -2.56. The fourth-order valence-electron chi connectivity index (χ4n) is 3.14. The largest absolute Gasteiger partial charge is 0.404 e. The SMILES string of the molecule is CC(C)N1CCC(NC(=O)C2(C(F)(F)F)CCNC2)CC1. The third-order valence-corrected chi connectivity index (χ3v) is 4.73. The average molecular weight is 307 g/mol. The molecule has 4 nitrogen and oxygen atoms in total. The predicted octanol–water partition coefficient (Wildman–Crippen LogP) is 1.52. The van der Waals surface area contributed by atoms with Crippen molar-refractivity contribution in [1.82, 2.24) is 15.5 Å². The molecule has 0 aromatic rings. The number of amides is 1. The van der Waals surface area contributed by atoms with Crippen LogP contribution in [0.1, 0.15) is 33.1 Å². The lowest BCUT2D eigenvalue weighted by atomic mass is 9.84. The number of piperidine rings is 1. The maximum absolute atomic E-state index is 13.3. The molecule has 21 heavy (non-hydrogen) atoms. The van der Waals surface area contributed by atoms with Gasteiger partial charge in [-0.1, -0.05) is 0 Å². The van der Waals surface area contributed by atoms with Gasteiger partial charge in [0, 0.05) is 31.7 Å². The topological polar surface area (TPSA) is 44.4 Å². The van der Waals surface area contributed by atoms with Crippen LogP contribution in [-0.2, 0) is 4.79 Å². The van der Waals surface area contributed by atoms with E-state index < -0.39 is 17.5 Å². The third-order valence-electron chi connectivity index (χ3n) is 4.73. The lowest BCUT2D eigenvalue weighted by Gasteiger charge is -2.37. The molecule has 1 amide bonds. The summed E-state index contributed by atoms with van der Waals surface area (Å²) in [4.78, 5) is 14.5. The number of nitrogens with one attached hydrogen (secondary N) is 2. The molecule has 7 heteroatoms. The minimum absolute atomic E-state index is 0.146. The molecular formula is C14H24F3N3O. The number of carbonyl (C=O) groups excluding carboxylic acids is 1. The maximum Gasteiger partial charge on any atom is 0.404 e. The summed E-state index contributed by atoms with van der Waals surface area (Å²) in [6, 6.07) is 0.287. The van der Waals surface area contributed by atoms with Gasteiger partial charge in [0.25, 0.3) is 0 Å². The fourth-order valence-corrected chi connectivity index (χ4v) is 3.14. The second kappa shape index (κ2) is 6.12. The van der Waals surface area contributed by atoms with Gasteiger partial charge in [-0.2, -0.15) is 13.2 Å². The van der Waals surface area contributed by atoms with E-state index in [1.807, 2.05) is 0 Å². The van der Waals surface area contributed by atoms with E-state index in [0.717, 1.165) is 13.1 Å². The number of carbonyl (C=O) groups is 1. The molecule has 0 bridgehead atoms. The summed E-state index contributed by atoms with van der Waals surface area (Å²) < 4.78 is 39.8. The highest BCUT2D eigenvalue weighted by atomic mass is 19.4. The number of halogens is 3. The van der Waals surface area contributed by atoms with Crippen molar-refractivity contribution in [1.29, 1.82) is 0 Å². The van der Waals surface area contributed by atoms with E-state index in [0.29, 0.717) is 18.9 Å². The molecule has 2 heterocycles. The zero-order chi connectivity index (χ0) is 15.7. The number of hydrogen-bond donors (Lipinski definition) is 2. The second-order valence-corrected chi connectivity index (χ2v) is 6.38. The molecule has 2 fully saturated rings. The first kappa shape index (κ1) is 16.5. The first-order chi connectivity index (χ1) is 9.76. The Kier molecular flexibility index (Phi) is 4.82. The summed E-state index contributed by atoms with van der Waals surface area (Å²) >= 11 is 0. The first-order valence-electron chi connectivity index (χ1n) is 7.59. The molecular weight excluding hydrogens is 283 g/mol. The van der Waals surface area contributed by atoms with Crippen LogP contribution in [0.2, 0.25) is 0 Å². The fraction of sp³-hybridized carbons (Fsp3) is 0.929. The molecule has 0 saturated carbocycles. The Labute approximate surface area is 123 Å². The summed E-state index contributed by atoms with van der Waals surface area (Å²) in [6.45, 7) is 5.76. The molecule has 2 aliphatic heterocycles. The van der Waals surface area contributed by atoms with Crippen LogP contribution in [0.5, 0.6) is 0 Å².